The lowest BCUT2D eigenvalue weighted by molar-refractivity contribution is -0.146. The number of nitrogens with zero attached hydrogens (tertiary/aromatic N) is 1. The lowest BCUT2D eigenvalue weighted by Crippen LogP contribution is -2.58. The Labute approximate surface area is 325 Å². The zero-order chi connectivity index (χ0) is 41.4. The number of amides is 5. The first-order chi connectivity index (χ1) is 25.9. The fraction of sp³-hybridized carbons (Fsp3) is 0.561. The van der Waals surface area contributed by atoms with Gasteiger partial charge in [-0.3, -0.25) is 19.2 Å². The molecule has 0 saturated heterocycles. The molecule has 14 nitrogen and oxygen atoms in total. The topological polar surface area (TPSA) is 206 Å². The van der Waals surface area contributed by atoms with Crippen LogP contribution in [0.25, 0.3) is 0 Å². The second-order valence-corrected chi connectivity index (χ2v) is 15.1. The number of esters is 1. The van der Waals surface area contributed by atoms with E-state index in [0.717, 1.165) is 5.56 Å². The van der Waals surface area contributed by atoms with E-state index in [-0.39, 0.29) is 37.2 Å². The van der Waals surface area contributed by atoms with Gasteiger partial charge in [0, 0.05) is 6.42 Å². The van der Waals surface area contributed by atoms with Gasteiger partial charge in [0.15, 0.2) is 0 Å². The van der Waals surface area contributed by atoms with Crippen molar-refractivity contribution >= 4 is 35.7 Å². The second-order valence-electron chi connectivity index (χ2n) is 15.1. The minimum Gasteiger partial charge on any atom is -0.467 e. The van der Waals surface area contributed by atoms with Crippen LogP contribution in [0, 0.1) is 23.7 Å². The number of nitrogens with two attached hydrogens (primary N) is 1. The fourth-order valence-corrected chi connectivity index (χ4v) is 6.14. The summed E-state index contributed by atoms with van der Waals surface area (Å²) < 4.78 is 10.3. The van der Waals surface area contributed by atoms with Crippen LogP contribution in [0.15, 0.2) is 60.7 Å². The zero-order valence-corrected chi connectivity index (χ0v) is 33.6. The maximum absolute atomic E-state index is 13.9. The quantitative estimate of drug-likeness (QED) is 0.124. The first kappa shape index (κ1) is 46.3. The molecule has 14 heteroatoms. The minimum absolute atomic E-state index is 0.0223. The summed E-state index contributed by atoms with van der Waals surface area (Å²) in [6.07, 6.45) is -2.01. The number of ether oxygens (including phenoxy) is 2. The third-order valence-electron chi connectivity index (χ3n) is 9.22. The Bertz CT molecular complexity index is 1550. The number of aliphatic hydroxyl groups excluding tert-OH is 1. The van der Waals surface area contributed by atoms with Crippen LogP contribution in [-0.4, -0.2) is 89.1 Å². The van der Waals surface area contributed by atoms with Crippen molar-refractivity contribution in [2.75, 3.05) is 7.11 Å². The van der Waals surface area contributed by atoms with E-state index < -0.39 is 77.9 Å². The van der Waals surface area contributed by atoms with Gasteiger partial charge in [-0.2, -0.15) is 0 Å². The summed E-state index contributed by atoms with van der Waals surface area (Å²) in [6, 6.07) is 12.6. The fourth-order valence-electron chi connectivity index (χ4n) is 6.14. The number of aliphatic hydroxyl groups is 1. The molecular formula is C41H61N5O9. The monoisotopic (exact) mass is 767 g/mol. The number of imide groups is 1. The first-order valence-corrected chi connectivity index (χ1v) is 18.9. The molecule has 55 heavy (non-hydrogen) atoms. The minimum atomic E-state index is -1.39. The van der Waals surface area contributed by atoms with Crippen LogP contribution >= 0.6 is 0 Å². The van der Waals surface area contributed by atoms with Crippen molar-refractivity contribution < 1.29 is 43.3 Å². The third-order valence-corrected chi connectivity index (χ3v) is 9.22. The van der Waals surface area contributed by atoms with E-state index in [1.54, 1.807) is 58.0 Å². The number of carbonyl (C=O) groups excluding carboxylic acids is 6. The van der Waals surface area contributed by atoms with Crippen molar-refractivity contribution in [1.82, 2.24) is 20.9 Å². The summed E-state index contributed by atoms with van der Waals surface area (Å²) >= 11 is 0. The number of benzene rings is 2. The predicted molar refractivity (Wildman–Crippen MR) is 208 cm³/mol. The molecule has 0 heterocycles. The summed E-state index contributed by atoms with van der Waals surface area (Å²) in [5, 5.41) is 20.3. The van der Waals surface area contributed by atoms with Gasteiger partial charge < -0.3 is 36.3 Å². The Morgan fingerprint density at radius 3 is 1.78 bits per heavy atom. The van der Waals surface area contributed by atoms with Crippen LogP contribution in [0.1, 0.15) is 79.4 Å². The van der Waals surface area contributed by atoms with E-state index in [1.807, 2.05) is 44.2 Å². The van der Waals surface area contributed by atoms with Gasteiger partial charge in [-0.1, -0.05) is 102 Å². The van der Waals surface area contributed by atoms with Crippen molar-refractivity contribution in [1.29, 1.82) is 0 Å². The molecule has 0 aliphatic heterocycles. The number of hydrogen-bond donors (Lipinski definition) is 5. The van der Waals surface area contributed by atoms with Gasteiger partial charge in [0.25, 0.3) is 0 Å². The average molecular weight is 768 g/mol. The summed E-state index contributed by atoms with van der Waals surface area (Å²) in [5.74, 6) is -4.54. The van der Waals surface area contributed by atoms with Crippen LogP contribution in [0.4, 0.5) is 4.79 Å². The largest absolute Gasteiger partial charge is 0.467 e. The molecule has 4 unspecified atom stereocenters. The van der Waals surface area contributed by atoms with E-state index in [2.05, 4.69) is 16.0 Å². The Morgan fingerprint density at radius 2 is 1.29 bits per heavy atom. The second kappa shape index (κ2) is 22.5. The molecule has 0 saturated carbocycles. The van der Waals surface area contributed by atoms with E-state index in [1.165, 1.54) is 21.0 Å². The predicted octanol–water partition coefficient (Wildman–Crippen LogP) is 3.48. The van der Waals surface area contributed by atoms with Crippen molar-refractivity contribution in [3.8, 4) is 0 Å². The number of methoxy groups -OCH3 is 1. The molecule has 7 atom stereocenters. The average Bonchev–Trinajstić information content (AvgIpc) is 3.14. The van der Waals surface area contributed by atoms with Gasteiger partial charge in [-0.05, 0) is 61.5 Å². The van der Waals surface area contributed by atoms with Gasteiger partial charge in [-0.15, -0.1) is 0 Å². The Morgan fingerprint density at radius 1 is 0.745 bits per heavy atom. The third kappa shape index (κ3) is 14.7. The summed E-state index contributed by atoms with van der Waals surface area (Å²) in [7, 11) is 1.23. The highest BCUT2D eigenvalue weighted by Gasteiger charge is 2.38. The highest BCUT2D eigenvalue weighted by Crippen LogP contribution is 2.24. The van der Waals surface area contributed by atoms with Crippen LogP contribution in [0.5, 0.6) is 0 Å². The van der Waals surface area contributed by atoms with Crippen LogP contribution in [-0.2, 0) is 46.5 Å². The molecule has 0 aromatic heterocycles. The number of nitrogens with one attached hydrogen (secondary N) is 3. The van der Waals surface area contributed by atoms with Gasteiger partial charge in [-0.25, -0.2) is 14.5 Å². The van der Waals surface area contributed by atoms with Gasteiger partial charge in [0.2, 0.25) is 23.6 Å². The highest BCUT2D eigenvalue weighted by molar-refractivity contribution is 6.00. The molecule has 0 spiro atoms. The molecule has 0 aliphatic rings. The molecule has 0 bridgehead atoms. The SMILES string of the molecule is COC(=O)C(NC(=O)C(NC(=O)CC(CC(C)C)C(O)[C@H](Cc1ccccc1)NC(=O)[C@H](C)N(C(=O)OCc1ccccc1)C(=O)[C@H](C)N)C(C)C)C(C)C. The smallest absolute Gasteiger partial charge is 0.417 e. The molecule has 2 aromatic carbocycles. The Balaban J connectivity index is 2.38. The first-order valence-electron chi connectivity index (χ1n) is 18.9. The number of carbonyl (C=O) groups is 6. The van der Waals surface area contributed by atoms with Crippen LogP contribution < -0.4 is 21.7 Å². The standard InChI is InChI=1S/C41H61N5O9/c1-24(2)20-31(22-33(47)44-34(25(3)4)38(50)45-35(26(5)6)40(52)54-9)36(48)32(21-29-16-12-10-13-17-29)43-37(49)28(8)46(39(51)27(7)42)41(53)55-23-30-18-14-11-15-19-30/h10-19,24-28,31-32,34-36,48H,20-23,42H2,1-9H3,(H,43,49)(H,44,47)(H,45,50)/t27-,28-,31?,32-,34?,35?,36?/m0/s1. The summed E-state index contributed by atoms with van der Waals surface area (Å²) in [6.45, 7) is 13.5. The molecular weight excluding hydrogens is 706 g/mol. The van der Waals surface area contributed by atoms with Crippen LogP contribution in [0.2, 0.25) is 0 Å². The summed E-state index contributed by atoms with van der Waals surface area (Å²) in [4.78, 5) is 80.5. The Kier molecular flexibility index (Phi) is 19.0. The zero-order valence-electron chi connectivity index (χ0n) is 33.6. The number of hydrogen-bond acceptors (Lipinski definition) is 10. The van der Waals surface area contributed by atoms with Crippen molar-refractivity contribution in [2.24, 2.45) is 29.4 Å². The Hall–Kier alpha value is -4.82. The maximum Gasteiger partial charge on any atom is 0.417 e. The van der Waals surface area contributed by atoms with E-state index in [0.29, 0.717) is 16.9 Å². The van der Waals surface area contributed by atoms with E-state index in [4.69, 9.17) is 15.2 Å². The molecule has 2 rings (SSSR count). The van der Waals surface area contributed by atoms with E-state index >= 15 is 0 Å². The molecule has 0 aliphatic carbocycles. The van der Waals surface area contributed by atoms with Gasteiger partial charge >= 0.3 is 12.1 Å². The van der Waals surface area contributed by atoms with E-state index in [9.17, 15) is 33.9 Å². The molecule has 6 N–H and O–H groups in total. The lowest BCUT2D eigenvalue weighted by Gasteiger charge is -2.34. The van der Waals surface area contributed by atoms with Crippen molar-refractivity contribution in [3.63, 3.8) is 0 Å². The van der Waals surface area contributed by atoms with Gasteiger partial charge in [0.1, 0.15) is 24.7 Å². The van der Waals surface area contributed by atoms with Crippen molar-refractivity contribution in [2.45, 2.75) is 118 Å². The molecule has 2 aromatic rings. The van der Waals surface area contributed by atoms with Crippen LogP contribution in [0.3, 0.4) is 0 Å². The highest BCUT2D eigenvalue weighted by atomic mass is 16.6. The normalized spacial score (nSPS) is 15.2. The molecule has 0 radical (unpaired) electrons. The molecule has 0 fully saturated rings. The molecule has 5 amide bonds. The van der Waals surface area contributed by atoms with Crippen molar-refractivity contribution in [3.05, 3.63) is 71.8 Å². The lowest BCUT2D eigenvalue weighted by atomic mass is 9.83. The maximum atomic E-state index is 13.9. The summed E-state index contributed by atoms with van der Waals surface area (Å²) in [5.41, 5.74) is 7.33. The number of rotatable bonds is 20. The van der Waals surface area contributed by atoms with Gasteiger partial charge in [0.05, 0.1) is 25.3 Å². The molecule has 304 valence electrons.